The van der Waals surface area contributed by atoms with Crippen LogP contribution < -0.4 is 5.32 Å². The number of carbonyl (C=O) groups is 3. The molecular formula is C16H21NO5. The van der Waals surface area contributed by atoms with Gasteiger partial charge in [-0.05, 0) is 32.9 Å². The molecule has 1 rings (SSSR count). The predicted molar refractivity (Wildman–Crippen MR) is 80.2 cm³/mol. The van der Waals surface area contributed by atoms with Gasteiger partial charge in [-0.25, -0.2) is 4.79 Å². The van der Waals surface area contributed by atoms with Crippen LogP contribution in [0.4, 0.5) is 0 Å². The van der Waals surface area contributed by atoms with E-state index in [9.17, 15) is 14.4 Å². The molecule has 22 heavy (non-hydrogen) atoms. The highest BCUT2D eigenvalue weighted by atomic mass is 16.6. The summed E-state index contributed by atoms with van der Waals surface area (Å²) in [5.74, 6) is -1.74. The summed E-state index contributed by atoms with van der Waals surface area (Å²) < 4.78 is 9.77. The van der Waals surface area contributed by atoms with Gasteiger partial charge in [-0.15, -0.1) is 0 Å². The maximum absolute atomic E-state index is 12.1. The fraction of sp³-hybridized carbons (Fsp3) is 0.438. The van der Waals surface area contributed by atoms with E-state index in [1.54, 1.807) is 51.1 Å². The third-order valence-corrected chi connectivity index (χ3v) is 2.62. The quantitative estimate of drug-likeness (QED) is 0.837. The van der Waals surface area contributed by atoms with Crippen LogP contribution in [0.2, 0.25) is 0 Å². The lowest BCUT2D eigenvalue weighted by molar-refractivity contribution is -0.158. The van der Waals surface area contributed by atoms with E-state index in [1.807, 2.05) is 0 Å². The highest BCUT2D eigenvalue weighted by Crippen LogP contribution is 2.10. The molecule has 1 aromatic carbocycles. The molecule has 0 bridgehead atoms. The monoisotopic (exact) mass is 307 g/mol. The van der Waals surface area contributed by atoms with Gasteiger partial charge in [0, 0.05) is 5.56 Å². The summed E-state index contributed by atoms with van der Waals surface area (Å²) in [4.78, 5) is 35.6. The van der Waals surface area contributed by atoms with Crippen LogP contribution in [0.5, 0.6) is 0 Å². The minimum Gasteiger partial charge on any atom is -0.467 e. The molecule has 0 unspecified atom stereocenters. The molecular weight excluding hydrogens is 286 g/mol. The van der Waals surface area contributed by atoms with Crippen molar-refractivity contribution >= 4 is 17.8 Å². The summed E-state index contributed by atoms with van der Waals surface area (Å²) in [7, 11) is 1.19. The van der Waals surface area contributed by atoms with Crippen molar-refractivity contribution < 1.29 is 23.9 Å². The summed E-state index contributed by atoms with van der Waals surface area (Å²) in [6.07, 6.45) is -0.289. The van der Waals surface area contributed by atoms with E-state index in [1.165, 1.54) is 7.11 Å². The van der Waals surface area contributed by atoms with Crippen molar-refractivity contribution in [2.75, 3.05) is 7.11 Å². The molecule has 0 spiro atoms. The zero-order valence-corrected chi connectivity index (χ0v) is 13.2. The molecule has 6 nitrogen and oxygen atoms in total. The number of carbonyl (C=O) groups excluding carboxylic acids is 3. The zero-order chi connectivity index (χ0) is 16.8. The molecule has 0 saturated heterocycles. The van der Waals surface area contributed by atoms with E-state index in [-0.39, 0.29) is 6.42 Å². The lowest BCUT2D eigenvalue weighted by Gasteiger charge is -2.22. The Bertz CT molecular complexity index is 533. The van der Waals surface area contributed by atoms with E-state index in [4.69, 9.17) is 4.74 Å². The van der Waals surface area contributed by atoms with E-state index in [0.29, 0.717) is 5.56 Å². The lowest BCUT2D eigenvalue weighted by Crippen LogP contribution is -2.43. The molecule has 0 aliphatic heterocycles. The Morgan fingerprint density at radius 2 is 1.73 bits per heavy atom. The van der Waals surface area contributed by atoms with Crippen molar-refractivity contribution in [2.24, 2.45) is 0 Å². The largest absolute Gasteiger partial charge is 0.467 e. The Labute approximate surface area is 129 Å². The van der Waals surface area contributed by atoms with Gasteiger partial charge in [0.2, 0.25) is 0 Å². The van der Waals surface area contributed by atoms with E-state index in [2.05, 4.69) is 10.1 Å². The van der Waals surface area contributed by atoms with Crippen LogP contribution in [0.1, 0.15) is 37.6 Å². The topological polar surface area (TPSA) is 81.7 Å². The van der Waals surface area contributed by atoms with Crippen molar-refractivity contribution in [1.29, 1.82) is 0 Å². The second kappa shape index (κ2) is 7.59. The summed E-state index contributed by atoms with van der Waals surface area (Å²) in [5, 5.41) is 2.49. The minimum absolute atomic E-state index is 0.289. The average Bonchev–Trinajstić information content (AvgIpc) is 2.44. The van der Waals surface area contributed by atoms with Gasteiger partial charge in [-0.2, -0.15) is 0 Å². The van der Waals surface area contributed by atoms with Gasteiger partial charge in [-0.3, -0.25) is 9.59 Å². The number of esters is 2. The van der Waals surface area contributed by atoms with Crippen LogP contribution in [0.3, 0.4) is 0 Å². The average molecular weight is 307 g/mol. The maximum Gasteiger partial charge on any atom is 0.328 e. The normalized spacial score (nSPS) is 12.2. The number of amides is 1. The van der Waals surface area contributed by atoms with Crippen molar-refractivity contribution in [3.05, 3.63) is 35.9 Å². The first kappa shape index (κ1) is 17.7. The molecule has 1 aromatic rings. The molecule has 6 heteroatoms. The molecule has 0 aliphatic carbocycles. The number of hydrogen-bond acceptors (Lipinski definition) is 5. The molecule has 0 fully saturated rings. The smallest absolute Gasteiger partial charge is 0.328 e. The second-order valence-electron chi connectivity index (χ2n) is 5.71. The number of rotatable bonds is 5. The molecule has 1 amide bonds. The number of nitrogens with one attached hydrogen (secondary N) is 1. The summed E-state index contributed by atoms with van der Waals surface area (Å²) in [6.45, 7) is 5.17. The van der Waals surface area contributed by atoms with Gasteiger partial charge < -0.3 is 14.8 Å². The van der Waals surface area contributed by atoms with E-state index < -0.39 is 29.5 Å². The Morgan fingerprint density at radius 1 is 1.14 bits per heavy atom. The highest BCUT2D eigenvalue weighted by molar-refractivity contribution is 5.97. The van der Waals surface area contributed by atoms with E-state index >= 15 is 0 Å². The van der Waals surface area contributed by atoms with Crippen molar-refractivity contribution in [3.63, 3.8) is 0 Å². The first-order chi connectivity index (χ1) is 10.2. The summed E-state index contributed by atoms with van der Waals surface area (Å²) in [6, 6.07) is 7.31. The van der Waals surface area contributed by atoms with Crippen LogP contribution in [0, 0.1) is 0 Å². The van der Waals surface area contributed by atoms with Crippen LogP contribution >= 0.6 is 0 Å². The maximum atomic E-state index is 12.1. The molecule has 0 radical (unpaired) electrons. The van der Waals surface area contributed by atoms with Crippen LogP contribution in [-0.4, -0.2) is 36.6 Å². The SMILES string of the molecule is COC(=O)[C@@H](CC(=O)OC(C)(C)C)NC(=O)c1ccccc1. The summed E-state index contributed by atoms with van der Waals surface area (Å²) >= 11 is 0. The Kier molecular flexibility index (Phi) is 6.10. The highest BCUT2D eigenvalue weighted by Gasteiger charge is 2.27. The fourth-order valence-electron chi connectivity index (χ4n) is 1.72. The number of benzene rings is 1. The summed E-state index contributed by atoms with van der Waals surface area (Å²) in [5.41, 5.74) is -0.276. The predicted octanol–water partition coefficient (Wildman–Crippen LogP) is 1.69. The van der Waals surface area contributed by atoms with Crippen LogP contribution in [0.25, 0.3) is 0 Å². The van der Waals surface area contributed by atoms with Gasteiger partial charge in [0.25, 0.3) is 5.91 Å². The van der Waals surface area contributed by atoms with Crippen LogP contribution in [-0.2, 0) is 19.1 Å². The standard InChI is InChI=1S/C16H21NO5/c1-16(2,3)22-13(18)10-12(15(20)21-4)17-14(19)11-8-6-5-7-9-11/h5-9,12H,10H2,1-4H3,(H,17,19)/t12-/m1/s1. The van der Waals surface area contributed by atoms with E-state index in [0.717, 1.165) is 0 Å². The number of ether oxygens (including phenoxy) is 2. The van der Waals surface area contributed by atoms with Gasteiger partial charge in [0.15, 0.2) is 0 Å². The van der Waals surface area contributed by atoms with Gasteiger partial charge >= 0.3 is 11.9 Å². The number of hydrogen-bond donors (Lipinski definition) is 1. The first-order valence-electron chi connectivity index (χ1n) is 6.88. The Morgan fingerprint density at radius 3 is 2.23 bits per heavy atom. The second-order valence-corrected chi connectivity index (χ2v) is 5.71. The Hall–Kier alpha value is -2.37. The molecule has 0 aromatic heterocycles. The number of methoxy groups -OCH3 is 1. The zero-order valence-electron chi connectivity index (χ0n) is 13.2. The molecule has 0 heterocycles. The van der Waals surface area contributed by atoms with Gasteiger partial charge in [-0.1, -0.05) is 18.2 Å². The van der Waals surface area contributed by atoms with Gasteiger partial charge in [0.1, 0.15) is 11.6 Å². The third kappa shape index (κ3) is 5.95. The van der Waals surface area contributed by atoms with Crippen molar-refractivity contribution in [3.8, 4) is 0 Å². The molecule has 0 saturated carbocycles. The molecule has 1 atom stereocenters. The molecule has 0 aliphatic rings. The lowest BCUT2D eigenvalue weighted by atomic mass is 10.1. The van der Waals surface area contributed by atoms with Gasteiger partial charge in [0.05, 0.1) is 13.5 Å². The van der Waals surface area contributed by atoms with Crippen molar-refractivity contribution in [1.82, 2.24) is 5.32 Å². The Balaban J connectivity index is 2.75. The molecule has 120 valence electrons. The molecule has 1 N–H and O–H groups in total. The van der Waals surface area contributed by atoms with Crippen molar-refractivity contribution in [2.45, 2.75) is 38.8 Å². The first-order valence-corrected chi connectivity index (χ1v) is 6.88. The minimum atomic E-state index is -1.09. The van der Waals surface area contributed by atoms with Crippen LogP contribution in [0.15, 0.2) is 30.3 Å². The third-order valence-electron chi connectivity index (χ3n) is 2.62. The fourth-order valence-corrected chi connectivity index (χ4v) is 1.72.